The Labute approximate surface area is 82.6 Å². The summed E-state index contributed by atoms with van der Waals surface area (Å²) in [5.74, 6) is 0. The molecule has 0 aliphatic carbocycles. The van der Waals surface area contributed by atoms with Crippen molar-refractivity contribution in [2.24, 2.45) is 0 Å². The summed E-state index contributed by atoms with van der Waals surface area (Å²) in [4.78, 5) is 3.93. The molecule has 0 saturated carbocycles. The van der Waals surface area contributed by atoms with Crippen molar-refractivity contribution in [3.8, 4) is 0 Å². The summed E-state index contributed by atoms with van der Waals surface area (Å²) >= 11 is 0. The smallest absolute Gasteiger partial charge is 0.123 e. The van der Waals surface area contributed by atoms with Crippen LogP contribution in [-0.2, 0) is 0 Å². The van der Waals surface area contributed by atoms with Gasteiger partial charge in [-0.3, -0.25) is 4.98 Å². The third kappa shape index (κ3) is 2.66. The van der Waals surface area contributed by atoms with Crippen LogP contribution in [0.1, 0.15) is 11.8 Å². The molecule has 5 nitrogen and oxygen atoms in total. The lowest BCUT2D eigenvalue weighted by Gasteiger charge is -2.16. The topological polar surface area (TPSA) is 91.4 Å². The fourth-order valence-electron chi connectivity index (χ4n) is 1.15. The first kappa shape index (κ1) is 10.9. The molecule has 0 amide bonds. The molecule has 0 bridgehead atoms. The third-order valence-corrected chi connectivity index (χ3v) is 1.89. The number of rotatable bonds is 4. The Morgan fingerprint density at radius 1 is 1.57 bits per heavy atom. The maximum atomic E-state index is 9.64. The average Bonchev–Trinajstić information content (AvgIpc) is 2.17. The first-order valence-corrected chi connectivity index (χ1v) is 4.37. The Hall–Kier alpha value is -1.17. The normalized spacial score (nSPS) is 15.1. The lowest BCUT2D eigenvalue weighted by atomic mass is 10.1. The Morgan fingerprint density at radius 3 is 2.86 bits per heavy atom. The molecule has 1 aromatic rings. The van der Waals surface area contributed by atoms with Gasteiger partial charge in [0.2, 0.25) is 0 Å². The molecule has 0 saturated heterocycles. The zero-order valence-corrected chi connectivity index (χ0v) is 8.01. The fourth-order valence-corrected chi connectivity index (χ4v) is 1.15. The van der Waals surface area contributed by atoms with Crippen LogP contribution in [0.4, 0.5) is 5.69 Å². The molecule has 14 heavy (non-hydrogen) atoms. The van der Waals surface area contributed by atoms with Crippen molar-refractivity contribution >= 4 is 5.69 Å². The largest absolute Gasteiger partial charge is 0.399 e. The highest BCUT2D eigenvalue weighted by molar-refractivity contribution is 5.37. The highest BCUT2D eigenvalue weighted by Crippen LogP contribution is 2.15. The third-order valence-electron chi connectivity index (χ3n) is 1.89. The van der Waals surface area contributed by atoms with Crippen LogP contribution in [0.25, 0.3) is 0 Å². The van der Waals surface area contributed by atoms with E-state index in [-0.39, 0.29) is 0 Å². The molecular weight excluding hydrogens is 182 g/mol. The highest BCUT2D eigenvalue weighted by atomic mass is 16.3. The Morgan fingerprint density at radius 2 is 2.29 bits per heavy atom. The van der Waals surface area contributed by atoms with E-state index < -0.39 is 12.2 Å². The SMILES string of the molecule is CNCC(O)C(O)c1cc(N)ccn1. The van der Waals surface area contributed by atoms with Gasteiger partial charge in [-0.25, -0.2) is 0 Å². The summed E-state index contributed by atoms with van der Waals surface area (Å²) < 4.78 is 0. The molecule has 1 rings (SSSR count). The zero-order valence-electron chi connectivity index (χ0n) is 8.01. The van der Waals surface area contributed by atoms with Gasteiger partial charge in [-0.2, -0.15) is 0 Å². The zero-order chi connectivity index (χ0) is 10.6. The molecule has 2 atom stereocenters. The van der Waals surface area contributed by atoms with Crippen LogP contribution in [0.3, 0.4) is 0 Å². The van der Waals surface area contributed by atoms with E-state index in [9.17, 15) is 10.2 Å². The summed E-state index contributed by atoms with van der Waals surface area (Å²) in [7, 11) is 1.70. The number of nitrogens with one attached hydrogen (secondary N) is 1. The van der Waals surface area contributed by atoms with Gasteiger partial charge >= 0.3 is 0 Å². The average molecular weight is 197 g/mol. The second-order valence-corrected chi connectivity index (χ2v) is 3.08. The Balaban J connectivity index is 2.73. The summed E-state index contributed by atoms with van der Waals surface area (Å²) in [6, 6.07) is 3.17. The van der Waals surface area contributed by atoms with Crippen molar-refractivity contribution in [1.82, 2.24) is 10.3 Å². The van der Waals surface area contributed by atoms with Crippen LogP contribution in [0, 0.1) is 0 Å². The Bertz CT molecular complexity index is 293. The van der Waals surface area contributed by atoms with Gasteiger partial charge in [0.05, 0.1) is 11.8 Å². The van der Waals surface area contributed by atoms with E-state index in [4.69, 9.17) is 5.73 Å². The lowest BCUT2D eigenvalue weighted by Crippen LogP contribution is -2.30. The van der Waals surface area contributed by atoms with Gasteiger partial charge in [-0.1, -0.05) is 0 Å². The van der Waals surface area contributed by atoms with Gasteiger partial charge in [0.1, 0.15) is 6.10 Å². The van der Waals surface area contributed by atoms with Crippen LogP contribution in [0.15, 0.2) is 18.3 Å². The first-order chi connectivity index (χ1) is 6.65. The molecule has 78 valence electrons. The number of nitrogen functional groups attached to an aromatic ring is 1. The van der Waals surface area contributed by atoms with Gasteiger partial charge in [0.25, 0.3) is 0 Å². The van der Waals surface area contributed by atoms with Crippen LogP contribution in [-0.4, -0.2) is 34.9 Å². The van der Waals surface area contributed by atoms with Crippen molar-refractivity contribution < 1.29 is 10.2 Å². The highest BCUT2D eigenvalue weighted by Gasteiger charge is 2.18. The van der Waals surface area contributed by atoms with E-state index in [1.165, 1.54) is 6.20 Å². The molecule has 0 aliphatic heterocycles. The first-order valence-electron chi connectivity index (χ1n) is 4.37. The van der Waals surface area contributed by atoms with Gasteiger partial charge < -0.3 is 21.3 Å². The number of likely N-dealkylation sites (N-methyl/N-ethyl adjacent to an activating group) is 1. The predicted molar refractivity (Wildman–Crippen MR) is 53.5 cm³/mol. The number of pyridine rings is 1. The van der Waals surface area contributed by atoms with Crippen LogP contribution in [0.5, 0.6) is 0 Å². The molecule has 0 aliphatic rings. The molecule has 1 heterocycles. The fraction of sp³-hybridized carbons (Fsp3) is 0.444. The van der Waals surface area contributed by atoms with Crippen molar-refractivity contribution in [1.29, 1.82) is 0 Å². The second-order valence-electron chi connectivity index (χ2n) is 3.08. The molecule has 0 fully saturated rings. The summed E-state index contributed by atoms with van der Waals surface area (Å²) in [6.45, 7) is 0.303. The molecule has 0 spiro atoms. The summed E-state index contributed by atoms with van der Waals surface area (Å²) in [6.07, 6.45) is -0.389. The number of hydrogen-bond donors (Lipinski definition) is 4. The number of aromatic nitrogens is 1. The molecule has 2 unspecified atom stereocenters. The number of aliphatic hydroxyl groups is 2. The monoisotopic (exact) mass is 197 g/mol. The van der Waals surface area contributed by atoms with E-state index in [0.717, 1.165) is 0 Å². The molecule has 1 aromatic heterocycles. The van der Waals surface area contributed by atoms with Crippen LogP contribution < -0.4 is 11.1 Å². The van der Waals surface area contributed by atoms with Crippen LogP contribution in [0.2, 0.25) is 0 Å². The molecule has 0 radical (unpaired) electrons. The number of hydrogen-bond acceptors (Lipinski definition) is 5. The lowest BCUT2D eigenvalue weighted by molar-refractivity contribution is 0.0177. The summed E-state index contributed by atoms with van der Waals surface area (Å²) in [5, 5.41) is 21.9. The molecule has 0 aromatic carbocycles. The predicted octanol–water partition coefficient (Wildman–Crippen LogP) is -0.723. The van der Waals surface area contributed by atoms with Crippen molar-refractivity contribution in [2.45, 2.75) is 12.2 Å². The molecular formula is C9H15N3O2. The maximum absolute atomic E-state index is 9.64. The van der Waals surface area contributed by atoms with E-state index >= 15 is 0 Å². The van der Waals surface area contributed by atoms with E-state index in [2.05, 4.69) is 10.3 Å². The van der Waals surface area contributed by atoms with E-state index in [1.54, 1.807) is 19.2 Å². The van der Waals surface area contributed by atoms with Crippen LogP contribution >= 0.6 is 0 Å². The molecule has 5 N–H and O–H groups in total. The molecule has 5 heteroatoms. The van der Waals surface area contributed by atoms with Crippen molar-refractivity contribution in [3.63, 3.8) is 0 Å². The second kappa shape index (κ2) is 4.90. The summed E-state index contributed by atoms with van der Waals surface area (Å²) in [5.41, 5.74) is 6.42. The van der Waals surface area contributed by atoms with Gasteiger partial charge in [-0.05, 0) is 19.2 Å². The minimum Gasteiger partial charge on any atom is -0.399 e. The quantitative estimate of drug-likeness (QED) is 0.511. The minimum absolute atomic E-state index is 0.303. The van der Waals surface area contributed by atoms with Crippen molar-refractivity contribution in [3.05, 3.63) is 24.0 Å². The van der Waals surface area contributed by atoms with Gasteiger partial charge in [-0.15, -0.1) is 0 Å². The van der Waals surface area contributed by atoms with Gasteiger partial charge in [0.15, 0.2) is 0 Å². The minimum atomic E-state index is -1.01. The van der Waals surface area contributed by atoms with Crippen molar-refractivity contribution in [2.75, 3.05) is 19.3 Å². The van der Waals surface area contributed by atoms with E-state index in [0.29, 0.717) is 17.9 Å². The van der Waals surface area contributed by atoms with E-state index in [1.807, 2.05) is 0 Å². The number of nitrogens with two attached hydrogens (primary N) is 1. The standard InChI is InChI=1S/C9H15N3O2/c1-11-5-8(13)9(14)7-4-6(10)2-3-12-7/h2-4,8-9,11,13-14H,5H2,1H3,(H2,10,12). The maximum Gasteiger partial charge on any atom is 0.123 e. The number of aliphatic hydroxyl groups excluding tert-OH is 2. The number of nitrogens with zero attached hydrogens (tertiary/aromatic N) is 1. The number of anilines is 1. The Kier molecular flexibility index (Phi) is 3.82. The van der Waals surface area contributed by atoms with Gasteiger partial charge in [0, 0.05) is 18.4 Å².